The number of nitrogens with zero attached hydrogens (tertiary/aromatic N) is 1. The first-order chi connectivity index (χ1) is 20.6. The highest BCUT2D eigenvalue weighted by Gasteiger charge is 2.28. The molecule has 0 saturated carbocycles. The average Bonchev–Trinajstić information content (AvgIpc) is 3.56. The average molecular weight is 537 g/mol. The molecule has 2 aromatic heterocycles. The quantitative estimate of drug-likeness (QED) is 0.229. The van der Waals surface area contributed by atoms with Crippen molar-refractivity contribution in [1.82, 2.24) is 4.57 Å². The minimum absolute atomic E-state index is 0.914. The van der Waals surface area contributed by atoms with Crippen LogP contribution in [0.2, 0.25) is 0 Å². The number of hydrogen-bond donors (Lipinski definition) is 1. The highest BCUT2D eigenvalue weighted by molar-refractivity contribution is 6.73. The number of benzene rings is 6. The number of aromatic nitrogens is 1. The first-order valence-electron chi connectivity index (χ1n) is 14.4. The van der Waals surface area contributed by atoms with Gasteiger partial charge in [0, 0.05) is 49.7 Å². The maximum absolute atomic E-state index is 6.34. The Bertz CT molecular complexity index is 2380. The summed E-state index contributed by atoms with van der Waals surface area (Å²) in [5, 5.41) is 8.59. The number of hydrogen-bond acceptors (Lipinski definition) is 2. The lowest BCUT2D eigenvalue weighted by molar-refractivity contribution is 0.669. The Morgan fingerprint density at radius 1 is 0.667 bits per heavy atom. The zero-order chi connectivity index (χ0) is 27.9. The molecule has 9 rings (SSSR count). The van der Waals surface area contributed by atoms with Gasteiger partial charge in [0.2, 0.25) is 0 Å². The number of nitrogens with one attached hydrogen (secondary N) is 1. The predicted octanol–water partition coefficient (Wildman–Crippen LogP) is 8.68. The molecule has 6 aromatic carbocycles. The van der Waals surface area contributed by atoms with Crippen LogP contribution in [0.1, 0.15) is 11.1 Å². The molecule has 1 radical (unpaired) electrons. The molecule has 0 aliphatic carbocycles. The van der Waals surface area contributed by atoms with Gasteiger partial charge in [-0.1, -0.05) is 83.8 Å². The Labute approximate surface area is 244 Å². The second-order valence-electron chi connectivity index (χ2n) is 11.4. The van der Waals surface area contributed by atoms with E-state index in [-0.39, 0.29) is 0 Å². The van der Waals surface area contributed by atoms with E-state index >= 15 is 0 Å². The Morgan fingerprint density at radius 2 is 1.43 bits per heavy atom. The molecule has 42 heavy (non-hydrogen) atoms. The molecule has 0 unspecified atom stereocenters. The summed E-state index contributed by atoms with van der Waals surface area (Å²) >= 11 is 0. The van der Waals surface area contributed by atoms with E-state index in [1.165, 1.54) is 55.2 Å². The van der Waals surface area contributed by atoms with Crippen LogP contribution in [0.15, 0.2) is 120 Å². The summed E-state index contributed by atoms with van der Waals surface area (Å²) in [5.41, 5.74) is 15.0. The summed E-state index contributed by atoms with van der Waals surface area (Å²) in [4.78, 5) is 0. The second kappa shape index (κ2) is 8.64. The Morgan fingerprint density at radius 3 is 2.31 bits per heavy atom. The molecule has 1 aliphatic heterocycles. The van der Waals surface area contributed by atoms with Crippen molar-refractivity contribution in [2.45, 2.75) is 13.8 Å². The van der Waals surface area contributed by atoms with Gasteiger partial charge in [-0.15, -0.1) is 0 Å². The molecule has 4 heteroatoms. The molecule has 0 saturated heterocycles. The van der Waals surface area contributed by atoms with Gasteiger partial charge >= 0.3 is 0 Å². The minimum atomic E-state index is 0.914. The number of rotatable bonds is 3. The molecular weight excluding hydrogens is 511 g/mol. The van der Waals surface area contributed by atoms with Crippen molar-refractivity contribution >= 4 is 73.3 Å². The third-order valence-corrected chi connectivity index (χ3v) is 8.79. The van der Waals surface area contributed by atoms with E-state index < -0.39 is 0 Å². The third kappa shape index (κ3) is 3.29. The van der Waals surface area contributed by atoms with E-state index in [2.05, 4.69) is 140 Å². The zero-order valence-corrected chi connectivity index (χ0v) is 23.4. The van der Waals surface area contributed by atoms with Crippen LogP contribution >= 0.6 is 0 Å². The van der Waals surface area contributed by atoms with Gasteiger partial charge < -0.3 is 14.3 Å². The summed E-state index contributed by atoms with van der Waals surface area (Å²) in [6, 6.07) is 41.2. The number of aryl methyl sites for hydroxylation is 2. The normalized spacial score (nSPS) is 12.2. The molecular formula is C38H26BN2O. The largest absolute Gasteiger partial charge is 0.456 e. The van der Waals surface area contributed by atoms with Crippen molar-refractivity contribution < 1.29 is 4.42 Å². The van der Waals surface area contributed by atoms with Crippen molar-refractivity contribution in [3.05, 3.63) is 126 Å². The maximum atomic E-state index is 6.34. The van der Waals surface area contributed by atoms with Gasteiger partial charge in [-0.3, -0.25) is 0 Å². The molecule has 0 amide bonds. The van der Waals surface area contributed by atoms with Gasteiger partial charge in [0.15, 0.2) is 7.28 Å². The molecule has 0 bridgehead atoms. The van der Waals surface area contributed by atoms with Crippen molar-refractivity contribution in [3.63, 3.8) is 0 Å². The van der Waals surface area contributed by atoms with E-state index in [1.807, 2.05) is 6.07 Å². The fourth-order valence-electron chi connectivity index (χ4n) is 6.87. The first-order valence-corrected chi connectivity index (χ1v) is 14.4. The van der Waals surface area contributed by atoms with Crippen LogP contribution in [-0.4, -0.2) is 11.8 Å². The molecule has 3 heterocycles. The summed E-state index contributed by atoms with van der Waals surface area (Å²) in [6.07, 6.45) is 0. The van der Waals surface area contributed by atoms with Gasteiger partial charge in [0.05, 0.1) is 5.52 Å². The van der Waals surface area contributed by atoms with Crippen molar-refractivity contribution in [2.24, 2.45) is 0 Å². The van der Waals surface area contributed by atoms with Gasteiger partial charge in [-0.2, -0.15) is 0 Å². The summed E-state index contributed by atoms with van der Waals surface area (Å²) in [5.74, 6) is 0. The van der Waals surface area contributed by atoms with Crippen LogP contribution in [0.5, 0.6) is 0 Å². The van der Waals surface area contributed by atoms with E-state index in [4.69, 9.17) is 4.42 Å². The van der Waals surface area contributed by atoms with E-state index in [0.717, 1.165) is 38.8 Å². The number of anilines is 2. The monoisotopic (exact) mass is 537 g/mol. The lowest BCUT2D eigenvalue weighted by atomic mass is 9.58. The minimum Gasteiger partial charge on any atom is -0.456 e. The SMILES string of the molecule is Cc1ccc(Nc2ccccc2-c2cc(C)c3c4ccccc4n4c3c2[B]c2cc3oc5ccccc5c3cc2-4)cc1. The van der Waals surface area contributed by atoms with Crippen LogP contribution < -0.4 is 16.2 Å². The second-order valence-corrected chi connectivity index (χ2v) is 11.4. The first kappa shape index (κ1) is 23.5. The maximum Gasteiger partial charge on any atom is 0.198 e. The van der Waals surface area contributed by atoms with Crippen LogP contribution in [0, 0.1) is 13.8 Å². The Kier molecular flexibility index (Phi) is 4.83. The molecule has 197 valence electrons. The summed E-state index contributed by atoms with van der Waals surface area (Å²) in [6.45, 7) is 4.37. The smallest absolute Gasteiger partial charge is 0.198 e. The van der Waals surface area contributed by atoms with Crippen LogP contribution in [0.25, 0.3) is 60.6 Å². The molecule has 1 N–H and O–H groups in total. The lowest BCUT2D eigenvalue weighted by Crippen LogP contribution is -2.37. The van der Waals surface area contributed by atoms with E-state index in [0.29, 0.717) is 0 Å². The molecule has 0 atom stereocenters. The molecule has 0 fully saturated rings. The topological polar surface area (TPSA) is 30.1 Å². The van der Waals surface area contributed by atoms with E-state index in [1.54, 1.807) is 0 Å². The Balaban J connectivity index is 1.35. The summed E-state index contributed by atoms with van der Waals surface area (Å²) < 4.78 is 8.81. The lowest BCUT2D eigenvalue weighted by Gasteiger charge is -2.24. The van der Waals surface area contributed by atoms with Gasteiger partial charge in [-0.05, 0) is 72.9 Å². The predicted molar refractivity (Wildman–Crippen MR) is 178 cm³/mol. The van der Waals surface area contributed by atoms with Crippen molar-refractivity contribution in [1.29, 1.82) is 0 Å². The summed E-state index contributed by atoms with van der Waals surface area (Å²) in [7, 11) is 2.36. The van der Waals surface area contributed by atoms with Gasteiger partial charge in [-0.25, -0.2) is 0 Å². The highest BCUT2D eigenvalue weighted by atomic mass is 16.3. The number of furan rings is 1. The van der Waals surface area contributed by atoms with Crippen LogP contribution in [0.3, 0.4) is 0 Å². The van der Waals surface area contributed by atoms with Crippen molar-refractivity contribution in [2.75, 3.05) is 5.32 Å². The molecule has 0 spiro atoms. The number of para-hydroxylation sites is 3. The molecule has 8 aromatic rings. The molecule has 3 nitrogen and oxygen atoms in total. The van der Waals surface area contributed by atoms with Crippen LogP contribution in [0.4, 0.5) is 11.4 Å². The van der Waals surface area contributed by atoms with Gasteiger partial charge in [0.25, 0.3) is 0 Å². The third-order valence-electron chi connectivity index (χ3n) is 8.79. The van der Waals surface area contributed by atoms with E-state index in [9.17, 15) is 0 Å². The fourth-order valence-corrected chi connectivity index (χ4v) is 6.87. The number of fused-ring (bicyclic) bond motifs is 8. The van der Waals surface area contributed by atoms with Gasteiger partial charge in [0.1, 0.15) is 11.2 Å². The molecule has 1 aliphatic rings. The highest BCUT2D eigenvalue weighted by Crippen LogP contribution is 2.40. The zero-order valence-electron chi connectivity index (χ0n) is 23.4. The standard InChI is InChI=1S/C38H26BN2O/c1-22-15-17-24(18-16-22)40-31-12-6-3-9-25(31)29-19-23(2)36-27-11-4-7-13-32(27)41-33-20-28-26-10-5-8-14-34(26)42-35(28)21-30(33)39-37(29)38(36)41/h3-21,40H,1-2H3. The van der Waals surface area contributed by atoms with Crippen LogP contribution in [-0.2, 0) is 0 Å². The Hall–Kier alpha value is -5.22. The fraction of sp³-hybridized carbons (Fsp3) is 0.0526. The van der Waals surface area contributed by atoms with Crippen molar-refractivity contribution in [3.8, 4) is 16.8 Å².